The molecule has 0 amide bonds. The van der Waals surface area contributed by atoms with Crippen LogP contribution in [0.25, 0.3) is 0 Å². The molecule has 0 atom stereocenters. The summed E-state index contributed by atoms with van der Waals surface area (Å²) in [6.45, 7) is 2.84. The van der Waals surface area contributed by atoms with Gasteiger partial charge in [0.15, 0.2) is 0 Å². The van der Waals surface area contributed by atoms with Crippen molar-refractivity contribution < 1.29 is 14.6 Å². The van der Waals surface area contributed by atoms with E-state index in [1.165, 1.54) is 6.07 Å². The van der Waals surface area contributed by atoms with Crippen LogP contribution in [0.1, 0.15) is 10.4 Å². The maximum absolute atomic E-state index is 11.2. The first-order valence-electron chi connectivity index (χ1n) is 6.21. The zero-order valence-electron chi connectivity index (χ0n) is 10.9. The van der Waals surface area contributed by atoms with E-state index in [4.69, 9.17) is 22.1 Å². The Morgan fingerprint density at radius 3 is 2.75 bits per heavy atom. The number of halogens is 1. The zero-order chi connectivity index (χ0) is 14.5. The predicted molar refractivity (Wildman–Crippen MR) is 78.4 cm³/mol. The molecule has 1 aliphatic rings. The van der Waals surface area contributed by atoms with Crippen LogP contribution < -0.4 is 10.6 Å². The number of alkyl halides is 1. The number of carboxylic acids is 1. The van der Waals surface area contributed by atoms with Crippen molar-refractivity contribution in [2.24, 2.45) is 10.7 Å². The second-order valence-corrected chi connectivity index (χ2v) is 4.61. The van der Waals surface area contributed by atoms with E-state index in [2.05, 4.69) is 9.89 Å². The molecule has 0 aromatic heterocycles. The molecule has 1 saturated heterocycles. The number of morpholine rings is 1. The van der Waals surface area contributed by atoms with Crippen LogP contribution in [0.4, 0.5) is 11.4 Å². The van der Waals surface area contributed by atoms with Crippen LogP contribution in [-0.2, 0) is 4.74 Å². The zero-order valence-corrected chi connectivity index (χ0v) is 11.6. The fraction of sp³-hybridized carbons (Fsp3) is 0.385. The Morgan fingerprint density at radius 1 is 1.45 bits per heavy atom. The lowest BCUT2D eigenvalue weighted by Crippen LogP contribution is -2.36. The van der Waals surface area contributed by atoms with E-state index >= 15 is 0 Å². The fourth-order valence-electron chi connectivity index (χ4n) is 2.00. The number of amidine groups is 1. The minimum atomic E-state index is -1.04. The number of ether oxygens (including phenoxy) is 1. The van der Waals surface area contributed by atoms with Crippen molar-refractivity contribution >= 4 is 34.8 Å². The molecule has 0 spiro atoms. The molecule has 0 aliphatic carbocycles. The molecule has 3 N–H and O–H groups in total. The normalized spacial score (nSPS) is 16.2. The van der Waals surface area contributed by atoms with Gasteiger partial charge in [-0.05, 0) is 18.2 Å². The average Bonchev–Trinajstić information content (AvgIpc) is 2.47. The molecule has 0 unspecified atom stereocenters. The lowest BCUT2D eigenvalue weighted by molar-refractivity contribution is 0.0698. The van der Waals surface area contributed by atoms with Crippen molar-refractivity contribution in [1.82, 2.24) is 0 Å². The van der Waals surface area contributed by atoms with Gasteiger partial charge in [-0.1, -0.05) is 0 Å². The number of aromatic carboxylic acids is 1. The van der Waals surface area contributed by atoms with Gasteiger partial charge in [0.1, 0.15) is 5.84 Å². The van der Waals surface area contributed by atoms with Crippen molar-refractivity contribution in [1.29, 1.82) is 0 Å². The van der Waals surface area contributed by atoms with Crippen molar-refractivity contribution in [2.45, 2.75) is 0 Å². The number of nitrogens with two attached hydrogens (primary N) is 1. The van der Waals surface area contributed by atoms with Crippen molar-refractivity contribution in [2.75, 3.05) is 37.1 Å². The molecule has 0 saturated carbocycles. The summed E-state index contributed by atoms with van der Waals surface area (Å²) in [4.78, 5) is 17.4. The number of hydrogen-bond donors (Lipinski definition) is 2. The highest BCUT2D eigenvalue weighted by atomic mass is 35.5. The number of rotatable bonds is 4. The standard InChI is InChI=1S/C13H16ClN3O3/c14-8-12(15)16-11-7-9(1-2-10(11)13(18)19)17-3-5-20-6-4-17/h1-2,7H,3-6,8H2,(H2,15,16)(H,18,19). The minimum Gasteiger partial charge on any atom is -0.478 e. The summed E-state index contributed by atoms with van der Waals surface area (Å²) in [5, 5.41) is 9.18. The summed E-state index contributed by atoms with van der Waals surface area (Å²) in [6.07, 6.45) is 0. The fourth-order valence-corrected chi connectivity index (χ4v) is 2.06. The van der Waals surface area contributed by atoms with E-state index in [9.17, 15) is 9.90 Å². The maximum Gasteiger partial charge on any atom is 0.337 e. The highest BCUT2D eigenvalue weighted by Gasteiger charge is 2.15. The van der Waals surface area contributed by atoms with Gasteiger partial charge in [-0.15, -0.1) is 11.6 Å². The van der Waals surface area contributed by atoms with Gasteiger partial charge in [-0.2, -0.15) is 0 Å². The molecule has 1 fully saturated rings. The minimum absolute atomic E-state index is 0.0564. The van der Waals surface area contributed by atoms with Crippen LogP contribution in [0.3, 0.4) is 0 Å². The molecular weight excluding hydrogens is 282 g/mol. The first kappa shape index (κ1) is 14.6. The molecule has 2 rings (SSSR count). The van der Waals surface area contributed by atoms with Crippen LogP contribution in [0.5, 0.6) is 0 Å². The Labute approximate surface area is 121 Å². The van der Waals surface area contributed by atoms with E-state index in [-0.39, 0.29) is 17.3 Å². The average molecular weight is 298 g/mol. The van der Waals surface area contributed by atoms with Crippen LogP contribution in [0.15, 0.2) is 23.2 Å². The largest absolute Gasteiger partial charge is 0.478 e. The lowest BCUT2D eigenvalue weighted by Gasteiger charge is -2.29. The SMILES string of the molecule is NC(CCl)=Nc1cc(N2CCOCC2)ccc1C(=O)O. The number of benzene rings is 1. The third-order valence-corrected chi connectivity index (χ3v) is 3.26. The Kier molecular flexibility index (Phi) is 4.81. The number of nitrogens with zero attached hydrogens (tertiary/aromatic N) is 2. The molecule has 1 aliphatic heterocycles. The lowest BCUT2D eigenvalue weighted by atomic mass is 10.1. The molecule has 20 heavy (non-hydrogen) atoms. The van der Waals surface area contributed by atoms with Crippen LogP contribution >= 0.6 is 11.6 Å². The monoisotopic (exact) mass is 297 g/mol. The molecule has 1 aromatic rings. The first-order valence-corrected chi connectivity index (χ1v) is 6.74. The third kappa shape index (κ3) is 3.40. The Balaban J connectivity index is 2.36. The molecule has 108 valence electrons. The van der Waals surface area contributed by atoms with Gasteiger partial charge in [-0.3, -0.25) is 0 Å². The quantitative estimate of drug-likeness (QED) is 0.499. The first-order chi connectivity index (χ1) is 9.61. The van der Waals surface area contributed by atoms with E-state index in [0.717, 1.165) is 18.8 Å². The summed E-state index contributed by atoms with van der Waals surface area (Å²) < 4.78 is 5.29. The molecule has 1 aromatic carbocycles. The van der Waals surface area contributed by atoms with E-state index in [1.807, 2.05) is 0 Å². The molecule has 7 heteroatoms. The number of anilines is 1. The molecule has 0 bridgehead atoms. The van der Waals surface area contributed by atoms with Gasteiger partial charge in [0.05, 0.1) is 30.3 Å². The van der Waals surface area contributed by atoms with Crippen molar-refractivity contribution in [3.05, 3.63) is 23.8 Å². The van der Waals surface area contributed by atoms with E-state index in [1.54, 1.807) is 12.1 Å². The van der Waals surface area contributed by atoms with Crippen molar-refractivity contribution in [3.8, 4) is 0 Å². The van der Waals surface area contributed by atoms with Crippen LogP contribution in [-0.4, -0.2) is 49.1 Å². The van der Waals surface area contributed by atoms with Gasteiger partial charge in [0, 0.05) is 18.8 Å². The van der Waals surface area contributed by atoms with E-state index in [0.29, 0.717) is 18.9 Å². The smallest absolute Gasteiger partial charge is 0.337 e. The second kappa shape index (κ2) is 6.58. The van der Waals surface area contributed by atoms with Crippen LogP contribution in [0, 0.1) is 0 Å². The summed E-state index contributed by atoms with van der Waals surface area (Å²) >= 11 is 5.59. The number of carbonyl (C=O) groups is 1. The van der Waals surface area contributed by atoms with Crippen LogP contribution in [0.2, 0.25) is 0 Å². The molecule has 6 nitrogen and oxygen atoms in total. The number of aliphatic imine (C=N–C) groups is 1. The van der Waals surface area contributed by atoms with Crippen molar-refractivity contribution in [3.63, 3.8) is 0 Å². The highest BCUT2D eigenvalue weighted by Crippen LogP contribution is 2.27. The number of carboxylic acid groups (broad SMARTS) is 1. The van der Waals surface area contributed by atoms with Gasteiger partial charge in [-0.25, -0.2) is 9.79 Å². The Bertz CT molecular complexity index is 528. The summed E-state index contributed by atoms with van der Waals surface area (Å²) in [7, 11) is 0. The topological polar surface area (TPSA) is 88.1 Å². The summed E-state index contributed by atoms with van der Waals surface area (Å²) in [5.74, 6) is -0.797. The van der Waals surface area contributed by atoms with E-state index < -0.39 is 5.97 Å². The van der Waals surface area contributed by atoms with Gasteiger partial charge >= 0.3 is 5.97 Å². The highest BCUT2D eigenvalue weighted by molar-refractivity contribution is 6.28. The Hall–Kier alpha value is -1.79. The Morgan fingerprint density at radius 2 is 2.15 bits per heavy atom. The van der Waals surface area contributed by atoms with Gasteiger partial charge < -0.3 is 20.5 Å². The maximum atomic E-state index is 11.2. The summed E-state index contributed by atoms with van der Waals surface area (Å²) in [5.41, 5.74) is 6.92. The predicted octanol–water partition coefficient (Wildman–Crippen LogP) is 1.45. The molecule has 0 radical (unpaired) electrons. The second-order valence-electron chi connectivity index (χ2n) is 4.34. The number of hydrogen-bond acceptors (Lipinski definition) is 4. The van der Waals surface area contributed by atoms with Gasteiger partial charge in [0.2, 0.25) is 0 Å². The molecule has 1 heterocycles. The third-order valence-electron chi connectivity index (χ3n) is 2.99. The van der Waals surface area contributed by atoms with Gasteiger partial charge in [0.25, 0.3) is 0 Å². The summed E-state index contributed by atoms with van der Waals surface area (Å²) in [6, 6.07) is 5.02. The molecular formula is C13H16ClN3O3.